The molecule has 1 N–H and O–H groups in total. The molecule has 0 amide bonds. The number of benzene rings is 1. The highest BCUT2D eigenvalue weighted by molar-refractivity contribution is 6.05. The van der Waals surface area contributed by atoms with Crippen molar-refractivity contribution in [1.82, 2.24) is 19.7 Å². The van der Waals surface area contributed by atoms with Gasteiger partial charge in [-0.1, -0.05) is 0 Å². The Kier molecular flexibility index (Phi) is 4.63. The molecule has 0 atom stereocenters. The second-order valence-electron chi connectivity index (χ2n) is 6.52. The van der Waals surface area contributed by atoms with Gasteiger partial charge >= 0.3 is 0 Å². The van der Waals surface area contributed by atoms with Gasteiger partial charge in [-0.3, -0.25) is 9.48 Å². The van der Waals surface area contributed by atoms with Crippen LogP contribution >= 0.6 is 0 Å². The van der Waals surface area contributed by atoms with Crippen molar-refractivity contribution in [2.24, 2.45) is 0 Å². The molecule has 0 aliphatic rings. The van der Waals surface area contributed by atoms with Gasteiger partial charge in [-0.25, -0.2) is 0 Å². The number of nitrogens with one attached hydrogen (secondary N) is 1. The van der Waals surface area contributed by atoms with Crippen molar-refractivity contribution in [1.29, 1.82) is 0 Å². The summed E-state index contributed by atoms with van der Waals surface area (Å²) in [5.74, 6) is 0.733. The number of methoxy groups -OCH3 is 1. The molecule has 6 nitrogen and oxygen atoms in total. The van der Waals surface area contributed by atoms with E-state index in [9.17, 15) is 4.79 Å². The summed E-state index contributed by atoms with van der Waals surface area (Å²) in [6.07, 6.45) is 0.906. The van der Waals surface area contributed by atoms with E-state index in [1.54, 1.807) is 7.11 Å². The van der Waals surface area contributed by atoms with Crippen molar-refractivity contribution < 1.29 is 9.53 Å². The van der Waals surface area contributed by atoms with E-state index in [0.717, 1.165) is 58.7 Å². The predicted octanol–water partition coefficient (Wildman–Crippen LogP) is 3.03. The lowest BCUT2D eigenvalue weighted by atomic mass is 10.0. The van der Waals surface area contributed by atoms with Gasteiger partial charge in [0.15, 0.2) is 6.29 Å². The molecule has 132 valence electrons. The molecule has 3 aromatic rings. The molecular weight excluding hydrogens is 316 g/mol. The summed E-state index contributed by atoms with van der Waals surface area (Å²) in [5, 5.41) is 5.53. The quantitative estimate of drug-likeness (QED) is 0.701. The van der Waals surface area contributed by atoms with Gasteiger partial charge in [-0.15, -0.1) is 0 Å². The fourth-order valence-electron chi connectivity index (χ4n) is 3.21. The third-order valence-corrected chi connectivity index (χ3v) is 4.55. The van der Waals surface area contributed by atoms with Gasteiger partial charge in [0.25, 0.3) is 0 Å². The maximum atomic E-state index is 11.8. The van der Waals surface area contributed by atoms with Crippen LogP contribution in [0.3, 0.4) is 0 Å². The van der Waals surface area contributed by atoms with Crippen LogP contribution in [-0.2, 0) is 6.54 Å². The highest BCUT2D eigenvalue weighted by Gasteiger charge is 2.20. The summed E-state index contributed by atoms with van der Waals surface area (Å²) in [5.41, 5.74) is 5.35. The third-order valence-electron chi connectivity index (χ3n) is 4.55. The minimum Gasteiger partial charge on any atom is -0.497 e. The van der Waals surface area contributed by atoms with Gasteiger partial charge in [0.1, 0.15) is 5.75 Å². The van der Waals surface area contributed by atoms with Crippen LogP contribution in [-0.4, -0.2) is 53.7 Å². The molecule has 2 heterocycles. The summed E-state index contributed by atoms with van der Waals surface area (Å²) in [6, 6.07) is 5.71. The number of fused-ring (bicyclic) bond motifs is 1. The first-order valence-electron chi connectivity index (χ1n) is 8.30. The van der Waals surface area contributed by atoms with Crippen molar-refractivity contribution in [3.8, 4) is 17.0 Å². The number of hydrogen-bond donors (Lipinski definition) is 1. The number of hydrogen-bond acceptors (Lipinski definition) is 4. The highest BCUT2D eigenvalue weighted by atomic mass is 16.5. The Bertz CT molecular complexity index is 921. The van der Waals surface area contributed by atoms with E-state index in [1.807, 2.05) is 50.8 Å². The Morgan fingerprint density at radius 1 is 1.32 bits per heavy atom. The molecular formula is C19H24N4O2. The maximum Gasteiger partial charge on any atom is 0.152 e. The van der Waals surface area contributed by atoms with Gasteiger partial charge in [0, 0.05) is 34.3 Å². The maximum absolute atomic E-state index is 11.8. The molecule has 0 aliphatic heterocycles. The average molecular weight is 340 g/mol. The van der Waals surface area contributed by atoms with Crippen LogP contribution in [0.4, 0.5) is 0 Å². The van der Waals surface area contributed by atoms with Crippen LogP contribution in [0, 0.1) is 13.8 Å². The van der Waals surface area contributed by atoms with Gasteiger partial charge in [0.2, 0.25) is 0 Å². The van der Waals surface area contributed by atoms with E-state index in [0.29, 0.717) is 5.56 Å². The summed E-state index contributed by atoms with van der Waals surface area (Å²) in [4.78, 5) is 17.3. The molecule has 2 aromatic heterocycles. The molecule has 0 radical (unpaired) electrons. The zero-order chi connectivity index (χ0) is 18.1. The van der Waals surface area contributed by atoms with Gasteiger partial charge < -0.3 is 14.6 Å². The molecule has 0 aliphatic carbocycles. The number of nitrogens with zero attached hydrogens (tertiary/aromatic N) is 3. The number of rotatable bonds is 6. The smallest absolute Gasteiger partial charge is 0.152 e. The van der Waals surface area contributed by atoms with Crippen molar-refractivity contribution in [3.63, 3.8) is 0 Å². The Balaban J connectivity index is 2.14. The first kappa shape index (κ1) is 17.2. The Morgan fingerprint density at radius 3 is 2.72 bits per heavy atom. The summed E-state index contributed by atoms with van der Waals surface area (Å²) in [6.45, 7) is 5.75. The Morgan fingerprint density at radius 2 is 2.08 bits per heavy atom. The lowest BCUT2D eigenvalue weighted by Crippen LogP contribution is -2.19. The largest absolute Gasteiger partial charge is 0.497 e. The summed E-state index contributed by atoms with van der Waals surface area (Å²) >= 11 is 0. The minimum absolute atomic E-state index is 0.646. The number of likely N-dealkylation sites (N-methyl/N-ethyl adjacent to an activating group) is 1. The van der Waals surface area contributed by atoms with E-state index in [4.69, 9.17) is 4.74 Å². The molecule has 6 heteroatoms. The van der Waals surface area contributed by atoms with Crippen molar-refractivity contribution in [2.45, 2.75) is 20.4 Å². The monoisotopic (exact) mass is 340 g/mol. The second-order valence-corrected chi connectivity index (χ2v) is 6.52. The van der Waals surface area contributed by atoms with Crippen molar-refractivity contribution >= 4 is 17.2 Å². The number of aldehydes is 1. The van der Waals surface area contributed by atoms with Gasteiger partial charge in [0.05, 0.1) is 25.0 Å². The van der Waals surface area contributed by atoms with E-state index in [-0.39, 0.29) is 0 Å². The van der Waals surface area contributed by atoms with Crippen LogP contribution < -0.4 is 4.74 Å². The van der Waals surface area contributed by atoms with Crippen LogP contribution in [0.2, 0.25) is 0 Å². The van der Waals surface area contributed by atoms with Crippen LogP contribution in [0.25, 0.3) is 22.2 Å². The standard InChI is InChI=1S/C19H24N4O2/c1-12-18(13(2)23(21-12)9-8-22(3)4)19-16(11-24)15-10-14(25-5)6-7-17(15)20-19/h6-7,10-11,20H,8-9H2,1-5H3. The number of ether oxygens (including phenoxy) is 1. The zero-order valence-corrected chi connectivity index (χ0v) is 15.4. The minimum atomic E-state index is 0.646. The van der Waals surface area contributed by atoms with E-state index >= 15 is 0 Å². The lowest BCUT2D eigenvalue weighted by Gasteiger charge is -2.10. The van der Waals surface area contributed by atoms with Crippen LogP contribution in [0.5, 0.6) is 5.75 Å². The third kappa shape index (κ3) is 3.05. The van der Waals surface area contributed by atoms with Gasteiger partial charge in [-0.05, 0) is 46.1 Å². The summed E-state index contributed by atoms with van der Waals surface area (Å²) < 4.78 is 7.30. The zero-order valence-electron chi connectivity index (χ0n) is 15.4. The van der Waals surface area contributed by atoms with E-state index in [1.165, 1.54) is 0 Å². The molecule has 1 aromatic carbocycles. The van der Waals surface area contributed by atoms with Crippen molar-refractivity contribution in [2.75, 3.05) is 27.7 Å². The first-order chi connectivity index (χ1) is 12.0. The molecule has 0 saturated heterocycles. The number of H-pyrrole nitrogens is 1. The van der Waals surface area contributed by atoms with Crippen LogP contribution in [0.1, 0.15) is 21.7 Å². The molecule has 0 spiro atoms. The second kappa shape index (κ2) is 6.72. The number of aromatic amines is 1. The molecule has 0 saturated carbocycles. The Labute approximate surface area is 147 Å². The average Bonchev–Trinajstić information content (AvgIpc) is 3.08. The normalized spacial score (nSPS) is 11.4. The first-order valence-corrected chi connectivity index (χ1v) is 8.30. The molecule has 0 bridgehead atoms. The fraction of sp³-hybridized carbons (Fsp3) is 0.368. The number of aromatic nitrogens is 3. The van der Waals surface area contributed by atoms with Gasteiger partial charge in [-0.2, -0.15) is 5.10 Å². The lowest BCUT2D eigenvalue weighted by molar-refractivity contribution is 0.112. The van der Waals surface area contributed by atoms with E-state index < -0.39 is 0 Å². The number of aryl methyl sites for hydroxylation is 1. The summed E-state index contributed by atoms with van der Waals surface area (Å²) in [7, 11) is 5.71. The Hall–Kier alpha value is -2.60. The van der Waals surface area contributed by atoms with Crippen LogP contribution in [0.15, 0.2) is 18.2 Å². The molecule has 3 rings (SSSR count). The van der Waals surface area contributed by atoms with E-state index in [2.05, 4.69) is 15.0 Å². The topological polar surface area (TPSA) is 63.1 Å². The predicted molar refractivity (Wildman–Crippen MR) is 99.5 cm³/mol. The number of carbonyl (C=O) groups is 1. The fourth-order valence-corrected chi connectivity index (χ4v) is 3.21. The van der Waals surface area contributed by atoms with Crippen molar-refractivity contribution in [3.05, 3.63) is 35.2 Å². The molecule has 25 heavy (non-hydrogen) atoms. The molecule has 0 fully saturated rings. The number of carbonyl (C=O) groups excluding carboxylic acids is 1. The highest BCUT2D eigenvalue weighted by Crippen LogP contribution is 2.34. The molecule has 0 unspecified atom stereocenters. The SMILES string of the molecule is COc1ccc2[nH]c(-c3c(C)nn(CCN(C)C)c3C)c(C=O)c2c1.